The van der Waals surface area contributed by atoms with Gasteiger partial charge in [-0.2, -0.15) is 0 Å². The van der Waals surface area contributed by atoms with Gasteiger partial charge in [0.25, 0.3) is 0 Å². The fourth-order valence-electron chi connectivity index (χ4n) is 1.44. The summed E-state index contributed by atoms with van der Waals surface area (Å²) in [6, 6.07) is 7.17. The summed E-state index contributed by atoms with van der Waals surface area (Å²) in [6.45, 7) is 0.232. The lowest BCUT2D eigenvalue weighted by atomic mass is 10.2. The average molecular weight is 267 g/mol. The third-order valence-corrected chi connectivity index (χ3v) is 2.44. The fraction of sp³-hybridized carbons (Fsp3) is 0.167. The molecule has 0 saturated carbocycles. The number of carboxylic acid groups (broad SMARTS) is 1. The Morgan fingerprint density at radius 1 is 1.50 bits per heavy atom. The molecule has 0 amide bonds. The lowest BCUT2D eigenvalue weighted by molar-refractivity contribution is -0.135. The molecule has 1 aromatic carbocycles. The number of aliphatic carboxylic acids is 1. The summed E-state index contributed by atoms with van der Waals surface area (Å²) in [7, 11) is 0. The van der Waals surface area contributed by atoms with Crippen molar-refractivity contribution in [3.63, 3.8) is 0 Å². The zero-order chi connectivity index (χ0) is 13.0. The zero-order valence-corrected chi connectivity index (χ0v) is 10.1. The molecule has 0 bridgehead atoms. The molecule has 0 radical (unpaired) electrons. The van der Waals surface area contributed by atoms with E-state index in [0.717, 1.165) is 5.56 Å². The van der Waals surface area contributed by atoms with Crippen molar-refractivity contribution in [1.82, 2.24) is 10.3 Å². The minimum Gasteiger partial charge on any atom is -0.480 e. The summed E-state index contributed by atoms with van der Waals surface area (Å²) in [6.07, 6.45) is 1.49. The van der Waals surface area contributed by atoms with E-state index in [1.807, 2.05) is 12.1 Å². The van der Waals surface area contributed by atoms with E-state index in [4.69, 9.17) is 21.1 Å². The van der Waals surface area contributed by atoms with Crippen molar-refractivity contribution in [3.8, 4) is 11.5 Å². The summed E-state index contributed by atoms with van der Waals surface area (Å²) < 4.78 is 5.31. The van der Waals surface area contributed by atoms with Gasteiger partial charge in [0.2, 0.25) is 5.89 Å². The van der Waals surface area contributed by atoms with Gasteiger partial charge < -0.3 is 14.8 Å². The first-order valence-corrected chi connectivity index (χ1v) is 5.66. The summed E-state index contributed by atoms with van der Waals surface area (Å²) in [5.41, 5.74) is 1.43. The largest absolute Gasteiger partial charge is 0.480 e. The van der Waals surface area contributed by atoms with Crippen molar-refractivity contribution in [2.24, 2.45) is 0 Å². The van der Waals surface area contributed by atoms with Crippen molar-refractivity contribution in [3.05, 3.63) is 41.2 Å². The molecule has 5 nitrogen and oxygen atoms in total. The highest BCUT2D eigenvalue weighted by atomic mass is 35.5. The third kappa shape index (κ3) is 3.32. The predicted molar refractivity (Wildman–Crippen MR) is 66.3 cm³/mol. The summed E-state index contributed by atoms with van der Waals surface area (Å²) in [5, 5.41) is 11.8. The lowest BCUT2D eigenvalue weighted by Crippen LogP contribution is -2.21. The zero-order valence-electron chi connectivity index (χ0n) is 9.39. The second-order valence-corrected chi connectivity index (χ2v) is 4.09. The maximum Gasteiger partial charge on any atom is 0.317 e. The highest BCUT2D eigenvalue weighted by molar-refractivity contribution is 6.30. The molecule has 2 aromatic rings. The van der Waals surface area contributed by atoms with Gasteiger partial charge in [-0.05, 0) is 18.2 Å². The molecular weight excluding hydrogens is 256 g/mol. The molecule has 94 valence electrons. The first kappa shape index (κ1) is 12.6. The third-order valence-electron chi connectivity index (χ3n) is 2.21. The fourth-order valence-corrected chi connectivity index (χ4v) is 1.63. The van der Waals surface area contributed by atoms with Crippen LogP contribution in [0, 0.1) is 0 Å². The number of hydrogen-bond acceptors (Lipinski definition) is 4. The molecule has 0 atom stereocenters. The van der Waals surface area contributed by atoms with Gasteiger partial charge in [-0.25, -0.2) is 4.98 Å². The monoisotopic (exact) mass is 266 g/mol. The summed E-state index contributed by atoms with van der Waals surface area (Å²) >= 11 is 5.87. The van der Waals surface area contributed by atoms with E-state index >= 15 is 0 Å². The van der Waals surface area contributed by atoms with Crippen molar-refractivity contribution in [2.75, 3.05) is 6.54 Å². The molecule has 0 aliphatic carbocycles. The number of rotatable bonds is 5. The van der Waals surface area contributed by atoms with Gasteiger partial charge in [0, 0.05) is 17.1 Å². The smallest absolute Gasteiger partial charge is 0.317 e. The van der Waals surface area contributed by atoms with Crippen LogP contribution in [0.15, 0.2) is 34.9 Å². The van der Waals surface area contributed by atoms with Gasteiger partial charge >= 0.3 is 5.97 Å². The molecule has 2 N–H and O–H groups in total. The number of aromatic nitrogens is 1. The van der Waals surface area contributed by atoms with E-state index in [-0.39, 0.29) is 6.54 Å². The van der Waals surface area contributed by atoms with Crippen LogP contribution in [0.2, 0.25) is 5.02 Å². The molecule has 18 heavy (non-hydrogen) atoms. The number of nitrogens with one attached hydrogen (secondary N) is 1. The van der Waals surface area contributed by atoms with Gasteiger partial charge in [-0.3, -0.25) is 4.79 Å². The van der Waals surface area contributed by atoms with Crippen LogP contribution in [0.4, 0.5) is 0 Å². The van der Waals surface area contributed by atoms with Crippen LogP contribution in [-0.4, -0.2) is 22.6 Å². The lowest BCUT2D eigenvalue weighted by Gasteiger charge is -1.96. The minimum atomic E-state index is -0.909. The maximum absolute atomic E-state index is 10.3. The van der Waals surface area contributed by atoms with E-state index in [1.165, 1.54) is 6.26 Å². The van der Waals surface area contributed by atoms with Crippen molar-refractivity contribution in [2.45, 2.75) is 6.54 Å². The Balaban J connectivity index is 2.04. The molecule has 0 spiro atoms. The van der Waals surface area contributed by atoms with E-state index in [1.54, 1.807) is 12.1 Å². The van der Waals surface area contributed by atoms with Crippen molar-refractivity contribution in [1.29, 1.82) is 0 Å². The molecule has 1 heterocycles. The average Bonchev–Trinajstić information content (AvgIpc) is 2.77. The molecule has 6 heteroatoms. The summed E-state index contributed by atoms with van der Waals surface area (Å²) in [4.78, 5) is 14.6. The Morgan fingerprint density at radius 3 is 3.06 bits per heavy atom. The molecule has 0 aliphatic rings. The van der Waals surface area contributed by atoms with E-state index < -0.39 is 5.97 Å². The molecule has 2 rings (SSSR count). The number of carboxylic acids is 1. The van der Waals surface area contributed by atoms with Crippen LogP contribution in [0.1, 0.15) is 5.69 Å². The van der Waals surface area contributed by atoms with Crippen LogP contribution in [0.5, 0.6) is 0 Å². The summed E-state index contributed by atoms with van der Waals surface area (Å²) in [5.74, 6) is -0.446. The number of carbonyl (C=O) groups is 1. The van der Waals surface area contributed by atoms with Crippen LogP contribution >= 0.6 is 11.6 Å². The Labute approximate surface area is 108 Å². The highest BCUT2D eigenvalue weighted by Crippen LogP contribution is 2.21. The van der Waals surface area contributed by atoms with Crippen LogP contribution in [0.25, 0.3) is 11.5 Å². The molecule has 1 aromatic heterocycles. The second-order valence-electron chi connectivity index (χ2n) is 3.65. The molecule has 0 saturated heterocycles. The number of hydrogen-bond donors (Lipinski definition) is 2. The normalized spacial score (nSPS) is 10.5. The first-order valence-electron chi connectivity index (χ1n) is 5.28. The predicted octanol–water partition coefficient (Wildman–Crippen LogP) is 2.17. The Morgan fingerprint density at radius 2 is 2.33 bits per heavy atom. The van der Waals surface area contributed by atoms with E-state index in [2.05, 4.69) is 10.3 Å². The van der Waals surface area contributed by atoms with Crippen LogP contribution in [0.3, 0.4) is 0 Å². The standard InChI is InChI=1S/C12H11ClN2O3/c13-9-3-1-2-8(4-9)12-15-10(7-18-12)5-14-6-11(16)17/h1-4,7,14H,5-6H2,(H,16,17). The topological polar surface area (TPSA) is 75.4 Å². The van der Waals surface area contributed by atoms with Crippen LogP contribution in [-0.2, 0) is 11.3 Å². The molecule has 0 fully saturated rings. The van der Waals surface area contributed by atoms with E-state index in [9.17, 15) is 4.79 Å². The van der Waals surface area contributed by atoms with Crippen LogP contribution < -0.4 is 5.32 Å². The second kappa shape index (κ2) is 5.66. The van der Waals surface area contributed by atoms with Crippen molar-refractivity contribution < 1.29 is 14.3 Å². The highest BCUT2D eigenvalue weighted by Gasteiger charge is 2.07. The van der Waals surface area contributed by atoms with Crippen molar-refractivity contribution >= 4 is 17.6 Å². The molecule has 0 aliphatic heterocycles. The Bertz CT molecular complexity index is 554. The Hall–Kier alpha value is -1.85. The molecular formula is C12H11ClN2O3. The van der Waals surface area contributed by atoms with Gasteiger partial charge in [-0.1, -0.05) is 17.7 Å². The first-order chi connectivity index (χ1) is 8.65. The Kier molecular flexibility index (Phi) is 3.96. The maximum atomic E-state index is 10.3. The number of oxazole rings is 1. The SMILES string of the molecule is O=C(O)CNCc1coc(-c2cccc(Cl)c2)n1. The number of benzene rings is 1. The van der Waals surface area contributed by atoms with Gasteiger partial charge in [0.15, 0.2) is 0 Å². The van der Waals surface area contributed by atoms with Gasteiger partial charge in [0.05, 0.1) is 12.2 Å². The van der Waals surface area contributed by atoms with Gasteiger partial charge in [-0.15, -0.1) is 0 Å². The number of halogens is 1. The quantitative estimate of drug-likeness (QED) is 0.867. The van der Waals surface area contributed by atoms with Gasteiger partial charge in [0.1, 0.15) is 6.26 Å². The number of nitrogens with zero attached hydrogens (tertiary/aromatic N) is 1. The van der Waals surface area contributed by atoms with E-state index in [0.29, 0.717) is 23.2 Å². The minimum absolute atomic E-state index is 0.112. The molecule has 0 unspecified atom stereocenters.